The molecule has 0 amide bonds. The first-order valence-corrected chi connectivity index (χ1v) is 8.46. The monoisotopic (exact) mass is 463 g/mol. The summed E-state index contributed by atoms with van der Waals surface area (Å²) in [5.41, 5.74) is 0. The molecule has 0 rings (SSSR count). The molecule has 0 fully saturated rings. The van der Waals surface area contributed by atoms with Crippen molar-refractivity contribution < 1.29 is 22.4 Å². The van der Waals surface area contributed by atoms with Crippen LogP contribution in [-0.4, -0.2) is 40.8 Å². The molecular weight excluding hydrogens is 438 g/mol. The van der Waals surface area contributed by atoms with E-state index in [4.69, 9.17) is 24.8 Å². The maximum Gasteiger partial charge on any atom is 1.00 e. The Morgan fingerprint density at radius 2 is 1.31 bits per heavy atom. The van der Waals surface area contributed by atoms with E-state index < -0.39 is 0 Å². The molecule has 0 unspecified atom stereocenters. The van der Waals surface area contributed by atoms with Crippen LogP contribution in [0.15, 0.2) is 0 Å². The smallest absolute Gasteiger partial charge is 0.411 e. The Morgan fingerprint density at radius 1 is 1.00 bits per heavy atom. The van der Waals surface area contributed by atoms with Crippen molar-refractivity contribution in [3.8, 4) is 0 Å². The molecule has 1 nitrogen and oxygen atoms in total. The van der Waals surface area contributed by atoms with Crippen molar-refractivity contribution >= 4 is 37.1 Å². The molecule has 0 aromatic heterocycles. The van der Waals surface area contributed by atoms with Gasteiger partial charge in [-0.05, 0) is 32.3 Å². The van der Waals surface area contributed by atoms with Crippen LogP contribution in [0.4, 0.5) is 0 Å². The van der Waals surface area contributed by atoms with Crippen molar-refractivity contribution in [2.45, 2.75) is 34.6 Å². The van der Waals surface area contributed by atoms with Crippen molar-refractivity contribution in [1.29, 1.82) is 0 Å². The number of thiocarbonyl (C=S) groups is 1. The largest absolute Gasteiger partial charge is 1.00 e. The predicted molar refractivity (Wildman–Crippen MR) is 81.4 cm³/mol. The summed E-state index contributed by atoms with van der Waals surface area (Å²) in [6.07, 6.45) is 4.26. The van der Waals surface area contributed by atoms with Crippen molar-refractivity contribution in [2.24, 2.45) is 0 Å². The Kier molecular flexibility index (Phi) is 22.9. The van der Waals surface area contributed by atoms with Gasteiger partial charge in [-0.2, -0.15) is 0 Å². The van der Waals surface area contributed by atoms with Gasteiger partial charge in [0.1, 0.15) is 0 Å². The minimum absolute atomic E-state index is 0. The summed E-state index contributed by atoms with van der Waals surface area (Å²) in [5.74, 6) is 0. The van der Waals surface area contributed by atoms with Gasteiger partial charge in [0.25, 0.3) is 0 Å². The van der Waals surface area contributed by atoms with Crippen molar-refractivity contribution in [3.63, 3.8) is 0 Å². The van der Waals surface area contributed by atoms with Crippen LogP contribution in [0, 0.1) is 0 Å². The molecule has 0 saturated carbocycles. The summed E-state index contributed by atoms with van der Waals surface area (Å²) in [5, 5.41) is 0. The third kappa shape index (κ3) is 13.3. The number of hydrogen-bond acceptors (Lipinski definition) is 2. The number of rotatable bonds is 5. The fourth-order valence-electron chi connectivity index (χ4n) is 1.15. The molecule has 16 heavy (non-hydrogen) atoms. The summed E-state index contributed by atoms with van der Waals surface area (Å²) < 4.78 is 0.579. The second kappa shape index (κ2) is 16.3. The molecule has 102 valence electrons. The van der Waals surface area contributed by atoms with Crippen molar-refractivity contribution in [1.82, 2.24) is 4.90 Å². The molecule has 0 N–H and O–H groups in total. The molecule has 0 atom stereocenters. The average molecular weight is 463 g/mol. The van der Waals surface area contributed by atoms with E-state index in [1.807, 2.05) is 18.7 Å². The van der Waals surface area contributed by atoms with Gasteiger partial charge in [-0.3, -0.25) is 0 Å². The van der Waals surface area contributed by atoms with E-state index in [1.54, 1.807) is 0 Å². The predicted octanol–water partition coefficient (Wildman–Crippen LogP) is 3.69. The first-order chi connectivity index (χ1) is 7.06. The molecule has 0 aliphatic rings. The molecule has 0 radical (unpaired) electrons. The van der Waals surface area contributed by atoms with Gasteiger partial charge >= 0.3 is 22.4 Å². The summed E-state index contributed by atoms with van der Waals surface area (Å²) in [6, 6.07) is 0. The number of nitrogens with zero attached hydrogens (tertiary/aromatic N) is 1. The molecule has 0 aliphatic carbocycles. The third-order valence-corrected chi connectivity index (χ3v) is 5.56. The van der Waals surface area contributed by atoms with Gasteiger partial charge in [0, 0.05) is 13.1 Å². The third-order valence-electron chi connectivity index (χ3n) is 2.36. The normalized spacial score (nSPS) is 8.88. The molecule has 0 aromatic carbocycles. The summed E-state index contributed by atoms with van der Waals surface area (Å²) >= 11 is 9.51. The van der Waals surface area contributed by atoms with E-state index >= 15 is 0 Å². The fourth-order valence-corrected chi connectivity index (χ4v) is 3.01. The quantitative estimate of drug-likeness (QED) is 0.265. The maximum atomic E-state index is 4.76. The van der Waals surface area contributed by atoms with Crippen LogP contribution in [-0.2, 0) is 35.0 Å². The van der Waals surface area contributed by atoms with Crippen molar-refractivity contribution in [2.75, 3.05) is 31.6 Å². The van der Waals surface area contributed by atoms with E-state index in [0.717, 1.165) is 13.1 Å². The summed E-state index contributed by atoms with van der Waals surface area (Å²) in [4.78, 5) is 1.96. The van der Waals surface area contributed by atoms with Crippen LogP contribution in [0.2, 0.25) is 0 Å². The second-order valence-corrected chi connectivity index (χ2v) is 7.33. The fraction of sp³-hybridized carbons (Fsp3) is 0.909. The molecular formula is C11H25AuNPS2. The summed E-state index contributed by atoms with van der Waals surface area (Å²) in [7, 11) is 0.446. The van der Waals surface area contributed by atoms with Crippen LogP contribution >= 0.6 is 20.1 Å². The van der Waals surface area contributed by atoms with Crippen LogP contribution in [0.25, 0.3) is 0 Å². The van der Waals surface area contributed by atoms with Crippen molar-refractivity contribution in [3.05, 3.63) is 0 Å². The minimum Gasteiger partial charge on any atom is -0.411 e. The van der Waals surface area contributed by atoms with Gasteiger partial charge in [-0.1, -0.05) is 25.1 Å². The maximum absolute atomic E-state index is 4.76. The van der Waals surface area contributed by atoms with Crippen LogP contribution < -0.4 is 0 Å². The Labute approximate surface area is 130 Å². The zero-order valence-electron chi connectivity index (χ0n) is 11.0. The standard InChI is InChI=1S/C6H15P.C5H11NS2.Au/c1-4-7(5-2)6-3;1-3-6(4-2)5(7)8;/h4-6H2,1-3H3;3-4H2,1-2H3,(H,7,8);/q;;+1/p-1. The van der Waals surface area contributed by atoms with Gasteiger partial charge in [-0.15, -0.1) is 7.92 Å². The molecule has 0 bridgehead atoms. The molecule has 0 aromatic rings. The van der Waals surface area contributed by atoms with E-state index in [1.165, 1.54) is 18.5 Å². The van der Waals surface area contributed by atoms with E-state index in [0.29, 0.717) is 12.2 Å². The van der Waals surface area contributed by atoms with Gasteiger partial charge in [0.05, 0.1) is 0 Å². The van der Waals surface area contributed by atoms with E-state index in [9.17, 15) is 0 Å². The Bertz CT molecular complexity index is 145. The Morgan fingerprint density at radius 3 is 1.31 bits per heavy atom. The zero-order chi connectivity index (χ0) is 12.3. The van der Waals surface area contributed by atoms with Crippen LogP contribution in [0.5, 0.6) is 0 Å². The van der Waals surface area contributed by atoms with Gasteiger partial charge in [-0.25, -0.2) is 0 Å². The van der Waals surface area contributed by atoms with Gasteiger partial charge < -0.3 is 29.7 Å². The molecule has 0 spiro atoms. The summed E-state index contributed by atoms with van der Waals surface area (Å²) in [6.45, 7) is 12.8. The van der Waals surface area contributed by atoms with Crippen LogP contribution in [0.3, 0.4) is 0 Å². The van der Waals surface area contributed by atoms with Gasteiger partial charge in [0.15, 0.2) is 0 Å². The topological polar surface area (TPSA) is 3.24 Å². The SMILES string of the molecule is CCN(CC)C(=S)[S-].CCP(CC)CC.[Au+]. The molecule has 0 aliphatic heterocycles. The van der Waals surface area contributed by atoms with Crippen LogP contribution in [0.1, 0.15) is 34.6 Å². The Balaban J connectivity index is -0.000000200. The van der Waals surface area contributed by atoms with E-state index in [-0.39, 0.29) is 22.4 Å². The average Bonchev–Trinajstić information content (AvgIpc) is 2.22. The van der Waals surface area contributed by atoms with Gasteiger partial charge in [0.2, 0.25) is 0 Å². The van der Waals surface area contributed by atoms with E-state index in [2.05, 4.69) is 20.8 Å². The minimum atomic E-state index is 0. The second-order valence-electron chi connectivity index (χ2n) is 3.06. The molecule has 0 heterocycles. The first-order valence-electron chi connectivity index (χ1n) is 5.75. The molecule has 0 saturated heterocycles. The zero-order valence-corrected chi connectivity index (χ0v) is 15.7. The number of hydrogen-bond donors (Lipinski definition) is 0. The Hall–Kier alpha value is 1.28. The first kappa shape index (κ1) is 22.5. The molecule has 5 heteroatoms.